The number of benzene rings is 1. The van der Waals surface area contributed by atoms with Crippen molar-refractivity contribution in [3.63, 3.8) is 0 Å². The van der Waals surface area contributed by atoms with Crippen LogP contribution < -0.4 is 0 Å². The number of alkyl halides is 1. The van der Waals surface area contributed by atoms with Crippen molar-refractivity contribution in [2.24, 2.45) is 0 Å². The summed E-state index contributed by atoms with van der Waals surface area (Å²) in [6.45, 7) is 8.75. The molecule has 0 fully saturated rings. The van der Waals surface area contributed by atoms with Gasteiger partial charge in [-0.05, 0) is 25.5 Å². The van der Waals surface area contributed by atoms with Crippen LogP contribution in [0.15, 0.2) is 29.2 Å². The zero-order valence-electron chi connectivity index (χ0n) is 12.1. The molecule has 1 aromatic carbocycles. The highest BCUT2D eigenvalue weighted by Gasteiger charge is 2.22. The van der Waals surface area contributed by atoms with Crippen LogP contribution in [0.4, 0.5) is 0 Å². The molecule has 1 rings (SSSR count). The summed E-state index contributed by atoms with van der Waals surface area (Å²) in [5.41, 5.74) is 1.06. The standard InChI is InChI=1S/C14H23ClO2SSi/c1-12-5-7-14(8-6-12)18(16,17)11-13(15)9-10-19(2,3)4/h5-8,13H,9-11H2,1-4H3. The molecule has 0 saturated carbocycles. The lowest BCUT2D eigenvalue weighted by atomic mass is 10.2. The van der Waals surface area contributed by atoms with E-state index in [4.69, 9.17) is 11.6 Å². The number of aryl methyl sites for hydroxylation is 1. The Labute approximate surface area is 123 Å². The van der Waals surface area contributed by atoms with Crippen molar-refractivity contribution in [1.29, 1.82) is 0 Å². The second-order valence-electron chi connectivity index (χ2n) is 6.29. The van der Waals surface area contributed by atoms with Gasteiger partial charge in [-0.2, -0.15) is 0 Å². The molecule has 0 aromatic heterocycles. The van der Waals surface area contributed by atoms with Gasteiger partial charge in [0.25, 0.3) is 0 Å². The molecule has 0 aliphatic heterocycles. The van der Waals surface area contributed by atoms with E-state index in [1.807, 2.05) is 19.1 Å². The third-order valence-corrected chi connectivity index (χ3v) is 7.16. The van der Waals surface area contributed by atoms with Crippen molar-refractivity contribution >= 4 is 29.5 Å². The number of hydrogen-bond donors (Lipinski definition) is 0. The molecule has 0 spiro atoms. The molecule has 1 unspecified atom stereocenters. The smallest absolute Gasteiger partial charge is 0.179 e. The number of hydrogen-bond acceptors (Lipinski definition) is 2. The maximum absolute atomic E-state index is 12.2. The van der Waals surface area contributed by atoms with E-state index < -0.39 is 17.9 Å². The van der Waals surface area contributed by atoms with Gasteiger partial charge in [0.1, 0.15) is 0 Å². The molecule has 0 amide bonds. The second-order valence-corrected chi connectivity index (χ2v) is 14.6. The van der Waals surface area contributed by atoms with Crippen molar-refractivity contribution in [3.05, 3.63) is 29.8 Å². The number of halogens is 1. The predicted octanol–water partition coefficient (Wildman–Crippen LogP) is 4.10. The Balaban J connectivity index is 2.67. The Morgan fingerprint density at radius 2 is 1.68 bits per heavy atom. The minimum Gasteiger partial charge on any atom is -0.224 e. The molecular weight excluding hydrogens is 296 g/mol. The van der Waals surface area contributed by atoms with Crippen molar-refractivity contribution in [2.45, 2.75) is 49.3 Å². The summed E-state index contributed by atoms with van der Waals surface area (Å²) in [4.78, 5) is 0.372. The van der Waals surface area contributed by atoms with E-state index >= 15 is 0 Å². The van der Waals surface area contributed by atoms with Gasteiger partial charge < -0.3 is 0 Å². The molecule has 0 saturated heterocycles. The quantitative estimate of drug-likeness (QED) is 0.584. The van der Waals surface area contributed by atoms with Crippen LogP contribution in [-0.4, -0.2) is 27.6 Å². The van der Waals surface area contributed by atoms with E-state index in [1.165, 1.54) is 0 Å². The molecule has 0 N–H and O–H groups in total. The lowest BCUT2D eigenvalue weighted by molar-refractivity contribution is 0.593. The van der Waals surface area contributed by atoms with E-state index in [-0.39, 0.29) is 11.1 Å². The van der Waals surface area contributed by atoms with Crippen LogP contribution in [0.25, 0.3) is 0 Å². The first-order chi connectivity index (χ1) is 8.60. The summed E-state index contributed by atoms with van der Waals surface area (Å²) in [5, 5.41) is -0.293. The van der Waals surface area contributed by atoms with Crippen molar-refractivity contribution < 1.29 is 8.42 Å². The minimum atomic E-state index is -3.26. The van der Waals surface area contributed by atoms with Crippen LogP contribution in [-0.2, 0) is 9.84 Å². The van der Waals surface area contributed by atoms with Crippen LogP contribution in [0.1, 0.15) is 12.0 Å². The van der Waals surface area contributed by atoms with E-state index in [1.54, 1.807) is 12.1 Å². The van der Waals surface area contributed by atoms with E-state index in [2.05, 4.69) is 19.6 Å². The van der Waals surface area contributed by atoms with Gasteiger partial charge >= 0.3 is 0 Å². The molecule has 19 heavy (non-hydrogen) atoms. The largest absolute Gasteiger partial charge is 0.224 e. The zero-order chi connectivity index (χ0) is 14.7. The average molecular weight is 319 g/mol. The van der Waals surface area contributed by atoms with Gasteiger partial charge in [-0.1, -0.05) is 43.4 Å². The zero-order valence-corrected chi connectivity index (χ0v) is 14.7. The van der Waals surface area contributed by atoms with Crippen LogP contribution in [0.5, 0.6) is 0 Å². The molecule has 1 aromatic rings. The normalized spacial score (nSPS) is 14.4. The Morgan fingerprint density at radius 3 is 2.16 bits per heavy atom. The molecule has 0 aliphatic rings. The summed E-state index contributed by atoms with van der Waals surface area (Å²) in [7, 11) is -4.42. The molecule has 0 radical (unpaired) electrons. The fourth-order valence-corrected chi connectivity index (χ4v) is 5.14. The summed E-state index contributed by atoms with van der Waals surface area (Å²) in [6, 6.07) is 8.01. The maximum Gasteiger partial charge on any atom is 0.179 e. The molecule has 5 heteroatoms. The molecular formula is C14H23ClO2SSi. The first-order valence-electron chi connectivity index (χ1n) is 6.54. The summed E-state index contributed by atoms with van der Waals surface area (Å²) >= 11 is 6.20. The fourth-order valence-electron chi connectivity index (χ4n) is 1.75. The highest BCUT2D eigenvalue weighted by molar-refractivity contribution is 7.91. The minimum absolute atomic E-state index is 0.0299. The van der Waals surface area contributed by atoms with Crippen LogP contribution in [0.2, 0.25) is 25.7 Å². The Bertz CT molecular complexity index is 503. The van der Waals surface area contributed by atoms with Crippen molar-refractivity contribution in [1.82, 2.24) is 0 Å². The molecule has 0 bridgehead atoms. The van der Waals surface area contributed by atoms with Gasteiger partial charge in [0.15, 0.2) is 9.84 Å². The SMILES string of the molecule is Cc1ccc(S(=O)(=O)CC(Cl)CC[Si](C)(C)C)cc1. The highest BCUT2D eigenvalue weighted by Crippen LogP contribution is 2.20. The van der Waals surface area contributed by atoms with Gasteiger partial charge in [0, 0.05) is 13.5 Å². The molecule has 108 valence electrons. The molecule has 2 nitrogen and oxygen atoms in total. The van der Waals surface area contributed by atoms with Gasteiger partial charge in [0.2, 0.25) is 0 Å². The van der Waals surface area contributed by atoms with Crippen molar-refractivity contribution in [3.8, 4) is 0 Å². The molecule has 1 atom stereocenters. The van der Waals surface area contributed by atoms with Gasteiger partial charge in [-0.15, -0.1) is 11.6 Å². The lowest BCUT2D eigenvalue weighted by Crippen LogP contribution is -2.23. The highest BCUT2D eigenvalue weighted by atomic mass is 35.5. The van der Waals surface area contributed by atoms with Crippen LogP contribution in [0, 0.1) is 6.92 Å². The Morgan fingerprint density at radius 1 is 1.16 bits per heavy atom. The van der Waals surface area contributed by atoms with Gasteiger partial charge in [-0.3, -0.25) is 0 Å². The first kappa shape index (κ1) is 16.7. The Hall–Kier alpha value is -0.323. The number of sulfone groups is 1. The first-order valence-corrected chi connectivity index (χ1v) is 12.3. The van der Waals surface area contributed by atoms with E-state index in [9.17, 15) is 8.42 Å². The van der Waals surface area contributed by atoms with Crippen molar-refractivity contribution in [2.75, 3.05) is 5.75 Å². The summed E-state index contributed by atoms with van der Waals surface area (Å²) < 4.78 is 24.4. The predicted molar refractivity (Wildman–Crippen MR) is 85.6 cm³/mol. The van der Waals surface area contributed by atoms with Crippen LogP contribution in [0.3, 0.4) is 0 Å². The van der Waals surface area contributed by atoms with E-state index in [0.717, 1.165) is 18.0 Å². The van der Waals surface area contributed by atoms with Crippen LogP contribution >= 0.6 is 11.6 Å². The second kappa shape index (κ2) is 6.42. The third-order valence-electron chi connectivity index (χ3n) is 2.99. The lowest BCUT2D eigenvalue weighted by Gasteiger charge is -2.18. The summed E-state index contributed by atoms with van der Waals surface area (Å²) in [5.74, 6) is 0.0299. The average Bonchev–Trinajstić information content (AvgIpc) is 2.25. The Kier molecular flexibility index (Phi) is 5.65. The topological polar surface area (TPSA) is 34.1 Å². The fraction of sp³-hybridized carbons (Fsp3) is 0.571. The third kappa shape index (κ3) is 6.10. The maximum atomic E-state index is 12.2. The molecule has 0 heterocycles. The van der Waals surface area contributed by atoms with Gasteiger partial charge in [0.05, 0.1) is 10.6 Å². The molecule has 0 aliphatic carbocycles. The monoisotopic (exact) mass is 318 g/mol. The summed E-state index contributed by atoms with van der Waals surface area (Å²) in [6.07, 6.45) is 0.780. The van der Waals surface area contributed by atoms with Gasteiger partial charge in [-0.25, -0.2) is 8.42 Å². The van der Waals surface area contributed by atoms with E-state index in [0.29, 0.717) is 4.90 Å². The number of rotatable bonds is 6.